The molecule has 0 saturated carbocycles. The third kappa shape index (κ3) is 7.44. The lowest BCUT2D eigenvalue weighted by Crippen LogP contribution is -2.38. The van der Waals surface area contributed by atoms with Crippen molar-refractivity contribution in [1.29, 1.82) is 0 Å². The Hall–Kier alpha value is -2.37. The van der Waals surface area contributed by atoms with E-state index in [1.807, 2.05) is 30.3 Å². The van der Waals surface area contributed by atoms with Crippen LogP contribution in [0.4, 0.5) is 0 Å². The van der Waals surface area contributed by atoms with Crippen molar-refractivity contribution in [3.8, 4) is 0 Å². The van der Waals surface area contributed by atoms with E-state index in [-0.39, 0.29) is 19.6 Å². The molecule has 0 fully saturated rings. The highest BCUT2D eigenvalue weighted by Crippen LogP contribution is 2.30. The second kappa shape index (κ2) is 8.92. The monoisotopic (exact) mass is 321 g/mol. The maximum Gasteiger partial charge on any atom is 0.302 e. The van der Waals surface area contributed by atoms with Gasteiger partial charge in [-0.05, 0) is 18.4 Å². The lowest BCUT2D eigenvalue weighted by atomic mass is 9.80. The molecule has 0 aliphatic heterocycles. The number of amides is 1. The number of esters is 2. The molecule has 2 N–H and O–H groups in total. The SMILES string of the molecule is CC(=O)OCC(CCc1ccccc1)(COC(C)=O)CC(N)=O. The fourth-order valence-electron chi connectivity index (χ4n) is 2.31. The molecule has 0 heterocycles. The molecule has 0 saturated heterocycles. The second-order valence-corrected chi connectivity index (χ2v) is 5.69. The number of hydrogen-bond acceptors (Lipinski definition) is 5. The quantitative estimate of drug-likeness (QED) is 0.697. The molecule has 23 heavy (non-hydrogen) atoms. The molecule has 126 valence electrons. The van der Waals surface area contributed by atoms with Gasteiger partial charge in [0.1, 0.15) is 13.2 Å². The number of benzene rings is 1. The zero-order valence-corrected chi connectivity index (χ0v) is 13.5. The molecule has 0 aliphatic carbocycles. The molecule has 1 aromatic carbocycles. The van der Waals surface area contributed by atoms with Crippen LogP contribution in [0.15, 0.2) is 30.3 Å². The van der Waals surface area contributed by atoms with Crippen molar-refractivity contribution in [2.45, 2.75) is 33.1 Å². The van der Waals surface area contributed by atoms with Crippen LogP contribution >= 0.6 is 0 Å². The third-order valence-corrected chi connectivity index (χ3v) is 3.50. The van der Waals surface area contributed by atoms with Crippen LogP contribution in [-0.2, 0) is 30.3 Å². The van der Waals surface area contributed by atoms with Gasteiger partial charge in [0.15, 0.2) is 0 Å². The molecule has 0 unspecified atom stereocenters. The van der Waals surface area contributed by atoms with Crippen molar-refractivity contribution >= 4 is 17.8 Å². The summed E-state index contributed by atoms with van der Waals surface area (Å²) in [5.74, 6) is -1.44. The standard InChI is InChI=1S/C17H23NO5/c1-13(19)22-11-17(10-16(18)21,12-23-14(2)20)9-8-15-6-4-3-5-7-15/h3-7H,8-12H2,1-2H3,(H2,18,21). The summed E-state index contributed by atoms with van der Waals surface area (Å²) < 4.78 is 10.2. The summed E-state index contributed by atoms with van der Waals surface area (Å²) >= 11 is 0. The van der Waals surface area contributed by atoms with Crippen molar-refractivity contribution in [2.75, 3.05) is 13.2 Å². The fraction of sp³-hybridized carbons (Fsp3) is 0.471. The summed E-state index contributed by atoms with van der Waals surface area (Å²) in [6, 6.07) is 9.68. The molecule has 0 bridgehead atoms. The summed E-state index contributed by atoms with van der Waals surface area (Å²) in [6.45, 7) is 2.53. The Labute approximate surface area is 135 Å². The van der Waals surface area contributed by atoms with Gasteiger partial charge in [0, 0.05) is 25.7 Å². The lowest BCUT2D eigenvalue weighted by Gasteiger charge is -2.31. The highest BCUT2D eigenvalue weighted by atomic mass is 16.5. The highest BCUT2D eigenvalue weighted by Gasteiger charge is 2.35. The predicted molar refractivity (Wildman–Crippen MR) is 84.3 cm³/mol. The first-order valence-electron chi connectivity index (χ1n) is 7.42. The molecule has 6 heteroatoms. The van der Waals surface area contributed by atoms with Gasteiger partial charge >= 0.3 is 11.9 Å². The highest BCUT2D eigenvalue weighted by molar-refractivity contribution is 5.75. The largest absolute Gasteiger partial charge is 0.465 e. The molecule has 1 rings (SSSR count). The first-order chi connectivity index (χ1) is 10.8. The maximum atomic E-state index is 11.5. The number of hydrogen-bond donors (Lipinski definition) is 1. The van der Waals surface area contributed by atoms with Gasteiger partial charge in [-0.3, -0.25) is 14.4 Å². The Morgan fingerprint density at radius 1 is 1.00 bits per heavy atom. The first kappa shape index (κ1) is 18.7. The minimum atomic E-state index is -0.820. The molecule has 0 spiro atoms. The number of carbonyl (C=O) groups excluding carboxylic acids is 3. The molecular formula is C17H23NO5. The number of aryl methyl sites for hydroxylation is 1. The Morgan fingerprint density at radius 3 is 1.96 bits per heavy atom. The van der Waals surface area contributed by atoms with E-state index in [0.29, 0.717) is 12.8 Å². The molecule has 1 aromatic rings. The van der Waals surface area contributed by atoms with Gasteiger partial charge in [-0.15, -0.1) is 0 Å². The molecule has 0 aromatic heterocycles. The molecule has 0 atom stereocenters. The normalized spacial score (nSPS) is 10.9. The molecule has 0 aliphatic rings. The van der Waals surface area contributed by atoms with Crippen LogP contribution < -0.4 is 5.73 Å². The topological polar surface area (TPSA) is 95.7 Å². The van der Waals surface area contributed by atoms with Crippen molar-refractivity contribution in [1.82, 2.24) is 0 Å². The fourth-order valence-corrected chi connectivity index (χ4v) is 2.31. The van der Waals surface area contributed by atoms with E-state index < -0.39 is 23.3 Å². The summed E-state index contributed by atoms with van der Waals surface area (Å²) in [6.07, 6.45) is 1.12. The number of rotatable bonds is 9. The van der Waals surface area contributed by atoms with Crippen LogP contribution in [0.1, 0.15) is 32.3 Å². The molecule has 6 nitrogen and oxygen atoms in total. The van der Waals surface area contributed by atoms with Crippen LogP contribution in [0.25, 0.3) is 0 Å². The van der Waals surface area contributed by atoms with E-state index in [4.69, 9.17) is 15.2 Å². The van der Waals surface area contributed by atoms with E-state index in [1.54, 1.807) is 0 Å². The average molecular weight is 321 g/mol. The Bertz CT molecular complexity index is 523. The summed E-state index contributed by atoms with van der Waals surface area (Å²) in [5, 5.41) is 0. The lowest BCUT2D eigenvalue weighted by molar-refractivity contribution is -0.154. The van der Waals surface area contributed by atoms with Crippen molar-refractivity contribution in [3.05, 3.63) is 35.9 Å². The van der Waals surface area contributed by atoms with Crippen molar-refractivity contribution < 1.29 is 23.9 Å². The van der Waals surface area contributed by atoms with Gasteiger partial charge in [0.25, 0.3) is 0 Å². The number of carbonyl (C=O) groups is 3. The second-order valence-electron chi connectivity index (χ2n) is 5.69. The van der Waals surface area contributed by atoms with E-state index in [1.165, 1.54) is 13.8 Å². The van der Waals surface area contributed by atoms with Crippen LogP contribution in [0.3, 0.4) is 0 Å². The van der Waals surface area contributed by atoms with Gasteiger partial charge in [-0.25, -0.2) is 0 Å². The minimum Gasteiger partial charge on any atom is -0.465 e. The maximum absolute atomic E-state index is 11.5. The Balaban J connectivity index is 2.89. The number of ether oxygens (including phenoxy) is 2. The van der Waals surface area contributed by atoms with Gasteiger partial charge in [0.2, 0.25) is 5.91 Å². The molecule has 0 radical (unpaired) electrons. The summed E-state index contributed by atoms with van der Waals surface area (Å²) in [5.41, 5.74) is 5.60. The van der Waals surface area contributed by atoms with Crippen LogP contribution in [0, 0.1) is 5.41 Å². The van der Waals surface area contributed by atoms with Crippen molar-refractivity contribution in [2.24, 2.45) is 11.1 Å². The molecule has 1 amide bonds. The average Bonchev–Trinajstić information content (AvgIpc) is 2.49. The van der Waals surface area contributed by atoms with E-state index in [9.17, 15) is 14.4 Å². The number of nitrogens with two attached hydrogens (primary N) is 1. The van der Waals surface area contributed by atoms with Crippen LogP contribution in [0.2, 0.25) is 0 Å². The van der Waals surface area contributed by atoms with Gasteiger partial charge in [0.05, 0.1) is 0 Å². The van der Waals surface area contributed by atoms with Crippen LogP contribution in [0.5, 0.6) is 0 Å². The van der Waals surface area contributed by atoms with Gasteiger partial charge < -0.3 is 15.2 Å². The third-order valence-electron chi connectivity index (χ3n) is 3.50. The minimum absolute atomic E-state index is 0.0224. The van der Waals surface area contributed by atoms with Gasteiger partial charge in [-0.1, -0.05) is 30.3 Å². The zero-order valence-electron chi connectivity index (χ0n) is 13.5. The summed E-state index contributed by atoms with van der Waals surface area (Å²) in [4.78, 5) is 33.7. The first-order valence-corrected chi connectivity index (χ1v) is 7.42. The Morgan fingerprint density at radius 2 is 1.52 bits per heavy atom. The zero-order chi connectivity index (χ0) is 17.3. The molecular weight excluding hydrogens is 298 g/mol. The van der Waals surface area contributed by atoms with Gasteiger partial charge in [-0.2, -0.15) is 0 Å². The van der Waals surface area contributed by atoms with Crippen molar-refractivity contribution in [3.63, 3.8) is 0 Å². The predicted octanol–water partition coefficient (Wildman–Crippen LogP) is 1.61. The van der Waals surface area contributed by atoms with Crippen LogP contribution in [-0.4, -0.2) is 31.1 Å². The van der Waals surface area contributed by atoms with E-state index in [2.05, 4.69) is 0 Å². The van der Waals surface area contributed by atoms with E-state index in [0.717, 1.165) is 5.56 Å². The smallest absolute Gasteiger partial charge is 0.302 e. The van der Waals surface area contributed by atoms with E-state index >= 15 is 0 Å². The summed E-state index contributed by atoms with van der Waals surface area (Å²) in [7, 11) is 0. The number of primary amides is 1. The Kier molecular flexibility index (Phi) is 7.25.